The van der Waals surface area contributed by atoms with Gasteiger partial charge in [-0.25, -0.2) is 12.8 Å². The zero-order chi connectivity index (χ0) is 26.1. The molecule has 1 aliphatic heterocycles. The Hall–Kier alpha value is -2.47. The number of aromatic nitrogens is 1. The van der Waals surface area contributed by atoms with E-state index >= 15 is 0 Å². The van der Waals surface area contributed by atoms with Crippen LogP contribution in [0.4, 0.5) is 21.5 Å². The number of hydrogen-bond donors (Lipinski definition) is 4. The molecule has 192 valence electrons. The van der Waals surface area contributed by atoms with E-state index in [-0.39, 0.29) is 28.6 Å². The van der Waals surface area contributed by atoms with Crippen LogP contribution in [0.2, 0.25) is 5.02 Å². The van der Waals surface area contributed by atoms with Crippen LogP contribution in [0.5, 0.6) is 5.75 Å². The van der Waals surface area contributed by atoms with Crippen LogP contribution < -0.4 is 14.8 Å². The Bertz CT molecular complexity index is 1470. The highest BCUT2D eigenvalue weighted by atomic mass is 35.5. The number of nitrogens with one attached hydrogen (secondary N) is 2. The summed E-state index contributed by atoms with van der Waals surface area (Å²) in [5.41, 5.74) is 1.40. The van der Waals surface area contributed by atoms with Crippen LogP contribution in [0.25, 0.3) is 10.9 Å². The lowest BCUT2D eigenvalue weighted by Crippen LogP contribution is -2.27. The maximum atomic E-state index is 13.6. The van der Waals surface area contributed by atoms with Gasteiger partial charge in [-0.1, -0.05) is 11.6 Å². The van der Waals surface area contributed by atoms with E-state index in [1.54, 1.807) is 13.0 Å². The topological polar surface area (TPSA) is 145 Å². The third kappa shape index (κ3) is 5.74. The van der Waals surface area contributed by atoms with Crippen molar-refractivity contribution in [3.05, 3.63) is 52.9 Å². The minimum atomic E-state index is -4.00. The first-order valence-corrected chi connectivity index (χ1v) is 15.8. The lowest BCUT2D eigenvalue weighted by atomic mass is 10.1. The molecule has 1 aromatic heterocycles. The molecule has 1 saturated heterocycles. The van der Waals surface area contributed by atoms with Gasteiger partial charge < -0.3 is 10.1 Å². The number of nitriles is 1. The van der Waals surface area contributed by atoms with E-state index in [1.807, 2.05) is 6.07 Å². The van der Waals surface area contributed by atoms with Gasteiger partial charge >= 0.3 is 0 Å². The molecule has 9 nitrogen and oxygen atoms in total. The van der Waals surface area contributed by atoms with E-state index in [1.165, 1.54) is 30.5 Å². The molecule has 2 heterocycles. The number of anilines is 3. The maximum Gasteiger partial charge on any atom is 0.234 e. The van der Waals surface area contributed by atoms with Crippen molar-refractivity contribution >= 4 is 70.0 Å². The SMILES string of the molecule is CCOc1cc2ncc(C#N)c(Nc3ccc(F)c(Cl)c3)c2cc1NS(=O)(=O)CC1CCSS1(O)O. The highest BCUT2D eigenvalue weighted by Gasteiger charge is 2.36. The number of pyridine rings is 1. The molecule has 14 heteroatoms. The Balaban J connectivity index is 1.77. The van der Waals surface area contributed by atoms with Crippen LogP contribution in [0, 0.1) is 17.1 Å². The minimum absolute atomic E-state index is 0.101. The lowest BCUT2D eigenvalue weighted by Gasteiger charge is -2.31. The van der Waals surface area contributed by atoms with Crippen LogP contribution >= 0.6 is 32.0 Å². The molecule has 4 N–H and O–H groups in total. The average Bonchev–Trinajstić information content (AvgIpc) is 3.14. The molecule has 4 rings (SSSR count). The van der Waals surface area contributed by atoms with Gasteiger partial charge in [-0.05, 0) is 48.4 Å². The molecule has 36 heavy (non-hydrogen) atoms. The molecule has 0 aliphatic carbocycles. The Morgan fingerprint density at radius 2 is 2.14 bits per heavy atom. The molecule has 1 atom stereocenters. The van der Waals surface area contributed by atoms with Gasteiger partial charge in [0.2, 0.25) is 10.0 Å². The second kappa shape index (κ2) is 10.5. The molecule has 0 radical (unpaired) electrons. The Kier molecular flexibility index (Phi) is 7.75. The number of halogens is 2. The molecule has 0 bridgehead atoms. The number of hydrogen-bond acceptors (Lipinski definition) is 9. The number of benzene rings is 2. The van der Waals surface area contributed by atoms with E-state index in [2.05, 4.69) is 15.0 Å². The third-order valence-corrected chi connectivity index (χ3v) is 11.6. The van der Waals surface area contributed by atoms with Crippen molar-refractivity contribution in [3.8, 4) is 11.8 Å². The summed E-state index contributed by atoms with van der Waals surface area (Å²) in [6, 6.07) is 9.06. The van der Waals surface area contributed by atoms with Crippen molar-refractivity contribution in [3.63, 3.8) is 0 Å². The standard InChI is InChI=1S/C22H22ClFN4O5S3/c1-2-33-21-9-19-16(8-20(21)28-35(29,30)12-15-5-6-34-36(15,31)32)22(13(10-25)11-26-19)27-14-3-4-18(24)17(23)7-14/h3-4,7-9,11,15,28,31-32H,2,5-6,12H2,1H3,(H,26,27). The molecular weight excluding hydrogens is 551 g/mol. The summed E-state index contributed by atoms with van der Waals surface area (Å²) in [4.78, 5) is 4.30. The predicted octanol–water partition coefficient (Wildman–Crippen LogP) is 5.95. The molecule has 2 aromatic carbocycles. The average molecular weight is 573 g/mol. The molecule has 1 unspecified atom stereocenters. The smallest absolute Gasteiger partial charge is 0.234 e. The molecular formula is C22H22ClFN4O5S3. The maximum absolute atomic E-state index is 13.6. The van der Waals surface area contributed by atoms with Gasteiger partial charge in [0.25, 0.3) is 0 Å². The van der Waals surface area contributed by atoms with Gasteiger partial charge in [0.1, 0.15) is 17.6 Å². The summed E-state index contributed by atoms with van der Waals surface area (Å²) < 4.78 is 68.0. The van der Waals surface area contributed by atoms with Gasteiger partial charge in [0.05, 0.1) is 45.1 Å². The Morgan fingerprint density at radius 3 is 2.78 bits per heavy atom. The Morgan fingerprint density at radius 1 is 1.36 bits per heavy atom. The van der Waals surface area contributed by atoms with Gasteiger partial charge in [-0.15, -0.1) is 9.62 Å². The second-order valence-electron chi connectivity index (χ2n) is 7.86. The molecule has 0 amide bonds. The summed E-state index contributed by atoms with van der Waals surface area (Å²) in [7, 11) is -6.08. The number of ether oxygens (including phenoxy) is 1. The summed E-state index contributed by atoms with van der Waals surface area (Å²) in [6.45, 7) is 1.99. The van der Waals surface area contributed by atoms with Crippen molar-refractivity contribution in [2.45, 2.75) is 18.6 Å². The molecule has 0 spiro atoms. The second-order valence-corrected chi connectivity index (χ2v) is 14.6. The van der Waals surface area contributed by atoms with Gasteiger partial charge in [0, 0.05) is 29.1 Å². The van der Waals surface area contributed by atoms with Gasteiger partial charge in [-0.2, -0.15) is 5.26 Å². The van der Waals surface area contributed by atoms with Crippen molar-refractivity contribution in [1.82, 2.24) is 4.98 Å². The van der Waals surface area contributed by atoms with E-state index < -0.39 is 36.5 Å². The van der Waals surface area contributed by atoms with Crippen LogP contribution in [0.1, 0.15) is 18.9 Å². The highest BCUT2D eigenvalue weighted by Crippen LogP contribution is 2.63. The zero-order valence-corrected chi connectivity index (χ0v) is 22.1. The highest BCUT2D eigenvalue weighted by molar-refractivity contribution is 8.90. The normalized spacial score (nSPS) is 17.9. The first kappa shape index (κ1) is 26.6. The van der Waals surface area contributed by atoms with Crippen LogP contribution in [-0.2, 0) is 10.0 Å². The van der Waals surface area contributed by atoms with E-state index in [4.69, 9.17) is 16.3 Å². The number of rotatable bonds is 8. The first-order chi connectivity index (χ1) is 17.0. The van der Waals surface area contributed by atoms with Crippen molar-refractivity contribution in [2.24, 2.45) is 0 Å². The van der Waals surface area contributed by atoms with Gasteiger partial charge in [0.15, 0.2) is 0 Å². The van der Waals surface area contributed by atoms with E-state index in [0.29, 0.717) is 34.5 Å². The Labute approximate surface area is 217 Å². The number of nitrogens with zero attached hydrogens (tertiary/aromatic N) is 2. The van der Waals surface area contributed by atoms with Crippen LogP contribution in [0.15, 0.2) is 36.5 Å². The lowest BCUT2D eigenvalue weighted by molar-refractivity contribution is 0.342. The van der Waals surface area contributed by atoms with Crippen LogP contribution in [-0.4, -0.2) is 45.9 Å². The quantitative estimate of drug-likeness (QED) is 0.240. The number of fused-ring (bicyclic) bond motifs is 1. The fourth-order valence-electron chi connectivity index (χ4n) is 3.69. The van der Waals surface area contributed by atoms with Crippen molar-refractivity contribution in [1.29, 1.82) is 5.26 Å². The van der Waals surface area contributed by atoms with Gasteiger partial charge in [-0.3, -0.25) is 18.8 Å². The largest absolute Gasteiger partial charge is 0.492 e. The van der Waals surface area contributed by atoms with Crippen LogP contribution in [0.3, 0.4) is 0 Å². The van der Waals surface area contributed by atoms with E-state index in [9.17, 15) is 27.2 Å². The van der Waals surface area contributed by atoms with Crippen molar-refractivity contribution < 1.29 is 26.7 Å². The molecule has 1 aliphatic rings. The zero-order valence-electron chi connectivity index (χ0n) is 18.9. The molecule has 0 saturated carbocycles. The third-order valence-electron chi connectivity index (χ3n) is 5.38. The summed E-state index contributed by atoms with van der Waals surface area (Å²) >= 11 is 5.89. The monoisotopic (exact) mass is 572 g/mol. The number of sulfonamides is 1. The predicted molar refractivity (Wildman–Crippen MR) is 143 cm³/mol. The summed E-state index contributed by atoms with van der Waals surface area (Å²) in [5, 5.41) is 12.2. The van der Waals surface area contributed by atoms with Crippen molar-refractivity contribution in [2.75, 3.05) is 28.2 Å². The first-order valence-electron chi connectivity index (χ1n) is 10.7. The summed E-state index contributed by atoms with van der Waals surface area (Å²) in [6.07, 6.45) is 1.73. The molecule has 3 aromatic rings. The fraction of sp³-hybridized carbons (Fsp3) is 0.273. The van der Waals surface area contributed by atoms with E-state index in [0.717, 1.165) is 10.8 Å². The fourth-order valence-corrected chi connectivity index (χ4v) is 10.1. The molecule has 1 fully saturated rings. The summed E-state index contributed by atoms with van der Waals surface area (Å²) in [5.74, 6) is -0.387. The minimum Gasteiger partial charge on any atom is -0.492 e.